The molecule has 0 fully saturated rings. The van der Waals surface area contributed by atoms with Gasteiger partial charge in [-0.05, 0) is 83.5 Å². The second kappa shape index (κ2) is 35.1. The molecule has 0 aliphatic carbocycles. The minimum atomic E-state index is -0.752. The molecule has 0 aliphatic heterocycles. The number of carbonyl (C=O) groups excluding carboxylic acids is 1. The van der Waals surface area contributed by atoms with Crippen LogP contribution in [0.25, 0.3) is 0 Å². The Morgan fingerprint density at radius 2 is 0.955 bits per heavy atom. The Morgan fingerprint density at radius 3 is 1.48 bits per heavy atom. The van der Waals surface area contributed by atoms with Gasteiger partial charge in [0, 0.05) is 12.8 Å². The van der Waals surface area contributed by atoms with Crippen molar-refractivity contribution < 1.29 is 19.4 Å². The molecule has 1 unspecified atom stereocenters. The second-order valence-corrected chi connectivity index (χ2v) is 12.0. The van der Waals surface area contributed by atoms with Gasteiger partial charge >= 0.3 is 11.9 Å². The van der Waals surface area contributed by atoms with Gasteiger partial charge in [0.05, 0.1) is 0 Å². The van der Waals surface area contributed by atoms with E-state index in [1.807, 2.05) is 0 Å². The minimum absolute atomic E-state index is 0.0633. The van der Waals surface area contributed by atoms with E-state index < -0.39 is 5.97 Å². The molecule has 0 aliphatic rings. The maximum Gasteiger partial charge on any atom is 0.306 e. The fourth-order valence-electron chi connectivity index (χ4n) is 5.09. The first-order valence-electron chi connectivity index (χ1n) is 18.3. The zero-order valence-corrected chi connectivity index (χ0v) is 28.7. The molecule has 0 saturated carbocycles. The van der Waals surface area contributed by atoms with Crippen molar-refractivity contribution in [1.82, 2.24) is 0 Å². The number of allylic oxidation sites excluding steroid dienone is 10. The van der Waals surface area contributed by atoms with Crippen molar-refractivity contribution in [2.75, 3.05) is 0 Å². The molecule has 4 heteroatoms. The van der Waals surface area contributed by atoms with E-state index in [2.05, 4.69) is 74.6 Å². The average molecular weight is 613 g/mol. The van der Waals surface area contributed by atoms with E-state index in [1.54, 1.807) is 0 Å². The summed E-state index contributed by atoms with van der Waals surface area (Å²) >= 11 is 0. The highest BCUT2D eigenvalue weighted by atomic mass is 16.5. The highest BCUT2D eigenvalue weighted by molar-refractivity contribution is 5.69. The van der Waals surface area contributed by atoms with Crippen LogP contribution in [0.5, 0.6) is 0 Å². The van der Waals surface area contributed by atoms with Crippen LogP contribution in [0.2, 0.25) is 0 Å². The lowest BCUT2D eigenvalue weighted by atomic mass is 10.0. The molecular weight excluding hydrogens is 544 g/mol. The van der Waals surface area contributed by atoms with Gasteiger partial charge in [0.25, 0.3) is 0 Å². The topological polar surface area (TPSA) is 63.6 Å². The van der Waals surface area contributed by atoms with E-state index in [0.29, 0.717) is 12.8 Å². The van der Waals surface area contributed by atoms with Gasteiger partial charge in [-0.3, -0.25) is 9.59 Å². The van der Waals surface area contributed by atoms with Gasteiger partial charge in [-0.2, -0.15) is 0 Å². The summed E-state index contributed by atoms with van der Waals surface area (Å²) in [6.45, 7) is 4.41. The molecule has 1 atom stereocenters. The summed E-state index contributed by atoms with van der Waals surface area (Å²) in [5.41, 5.74) is 0. The Balaban J connectivity index is 3.98. The lowest BCUT2D eigenvalue weighted by Gasteiger charge is -2.18. The SMILES string of the molecule is CC/C=C\C/C=C\C/C=C\C/C=C\C/C=C\CCCCCC(=O)OC(CCCCCCCCCCCC)CCCCC(=O)O. The summed E-state index contributed by atoms with van der Waals surface area (Å²) in [7, 11) is 0. The lowest BCUT2D eigenvalue weighted by molar-refractivity contribution is -0.150. The molecule has 0 saturated heterocycles. The molecule has 4 nitrogen and oxygen atoms in total. The molecule has 0 rings (SSSR count). The van der Waals surface area contributed by atoms with Crippen molar-refractivity contribution in [1.29, 1.82) is 0 Å². The van der Waals surface area contributed by atoms with E-state index in [9.17, 15) is 9.59 Å². The number of hydrogen-bond donors (Lipinski definition) is 1. The first-order chi connectivity index (χ1) is 21.6. The molecule has 0 heterocycles. The number of aliphatic carboxylic acids is 1. The van der Waals surface area contributed by atoms with Crippen molar-refractivity contribution >= 4 is 11.9 Å². The van der Waals surface area contributed by atoms with Crippen LogP contribution in [0, 0.1) is 0 Å². The Hall–Kier alpha value is -2.36. The van der Waals surface area contributed by atoms with Crippen LogP contribution in [0.3, 0.4) is 0 Å². The van der Waals surface area contributed by atoms with Crippen LogP contribution in [-0.2, 0) is 14.3 Å². The largest absolute Gasteiger partial charge is 0.481 e. The molecule has 0 radical (unpaired) electrons. The molecule has 0 aromatic rings. The normalized spacial score (nSPS) is 13.0. The molecular formula is C40H68O4. The van der Waals surface area contributed by atoms with E-state index >= 15 is 0 Å². The number of rotatable bonds is 32. The monoisotopic (exact) mass is 613 g/mol. The third-order valence-corrected chi connectivity index (χ3v) is 7.75. The maximum absolute atomic E-state index is 12.5. The van der Waals surface area contributed by atoms with Crippen molar-refractivity contribution in [2.45, 2.75) is 180 Å². The fraction of sp³-hybridized carbons (Fsp3) is 0.700. The van der Waals surface area contributed by atoms with Crippen LogP contribution in [0.15, 0.2) is 60.8 Å². The molecule has 0 aromatic carbocycles. The average Bonchev–Trinajstić information content (AvgIpc) is 3.01. The summed E-state index contributed by atoms with van der Waals surface area (Å²) in [5.74, 6) is -0.840. The zero-order valence-electron chi connectivity index (χ0n) is 28.7. The predicted molar refractivity (Wildman–Crippen MR) is 190 cm³/mol. The van der Waals surface area contributed by atoms with Crippen molar-refractivity contribution in [3.05, 3.63) is 60.8 Å². The van der Waals surface area contributed by atoms with E-state index in [0.717, 1.165) is 83.5 Å². The standard InChI is InChI=1S/C40H68O4/c1-3-5-7-9-11-13-15-16-17-18-19-20-21-22-23-25-27-29-31-37-40(43)44-38(35-32-33-36-39(41)42)34-30-28-26-24-14-12-10-8-6-4-2/h5,7,11,13,16-17,19-20,22-23,38H,3-4,6,8-10,12,14-15,18,21,24-37H2,1-2H3,(H,41,42)/b7-5-,13-11-,17-16-,20-19-,23-22-. The number of carbonyl (C=O) groups is 2. The van der Waals surface area contributed by atoms with Gasteiger partial charge < -0.3 is 9.84 Å². The third kappa shape index (κ3) is 34.1. The Labute approximate surface area is 272 Å². The smallest absolute Gasteiger partial charge is 0.306 e. The number of carboxylic acids is 1. The Morgan fingerprint density at radius 1 is 0.523 bits per heavy atom. The molecule has 252 valence electrons. The molecule has 44 heavy (non-hydrogen) atoms. The summed E-state index contributed by atoms with van der Waals surface area (Å²) in [6.07, 6.45) is 48.0. The quantitative estimate of drug-likeness (QED) is 0.0466. The highest BCUT2D eigenvalue weighted by Crippen LogP contribution is 2.18. The van der Waals surface area contributed by atoms with Crippen molar-refractivity contribution in [3.8, 4) is 0 Å². The Bertz CT molecular complexity index is 789. The first kappa shape index (κ1) is 41.6. The van der Waals surface area contributed by atoms with Crippen LogP contribution < -0.4 is 0 Å². The predicted octanol–water partition coefficient (Wildman–Crippen LogP) is 12.6. The van der Waals surface area contributed by atoms with Gasteiger partial charge in [-0.1, -0.05) is 139 Å². The number of esters is 1. The van der Waals surface area contributed by atoms with Crippen LogP contribution in [0.1, 0.15) is 174 Å². The van der Waals surface area contributed by atoms with E-state index in [4.69, 9.17) is 9.84 Å². The summed E-state index contributed by atoms with van der Waals surface area (Å²) in [5, 5.41) is 8.92. The number of hydrogen-bond acceptors (Lipinski definition) is 3. The highest BCUT2D eigenvalue weighted by Gasteiger charge is 2.14. The molecule has 0 bridgehead atoms. The van der Waals surface area contributed by atoms with E-state index in [-0.39, 0.29) is 18.5 Å². The fourth-order valence-corrected chi connectivity index (χ4v) is 5.09. The van der Waals surface area contributed by atoms with Crippen LogP contribution in [-0.4, -0.2) is 23.1 Å². The van der Waals surface area contributed by atoms with Crippen molar-refractivity contribution in [2.24, 2.45) is 0 Å². The number of carboxylic acid groups (broad SMARTS) is 1. The van der Waals surface area contributed by atoms with Gasteiger partial charge in [0.15, 0.2) is 0 Å². The minimum Gasteiger partial charge on any atom is -0.481 e. The third-order valence-electron chi connectivity index (χ3n) is 7.75. The molecule has 1 N–H and O–H groups in total. The lowest BCUT2D eigenvalue weighted by Crippen LogP contribution is -2.18. The van der Waals surface area contributed by atoms with Gasteiger partial charge in [-0.15, -0.1) is 0 Å². The van der Waals surface area contributed by atoms with Gasteiger partial charge in [0.2, 0.25) is 0 Å². The van der Waals surface area contributed by atoms with Crippen LogP contribution >= 0.6 is 0 Å². The maximum atomic E-state index is 12.5. The molecule has 0 amide bonds. The van der Waals surface area contributed by atoms with E-state index in [1.165, 1.54) is 57.8 Å². The summed E-state index contributed by atoms with van der Waals surface area (Å²) < 4.78 is 5.86. The second-order valence-electron chi connectivity index (χ2n) is 12.0. The summed E-state index contributed by atoms with van der Waals surface area (Å²) in [4.78, 5) is 23.4. The molecule has 0 aromatic heterocycles. The van der Waals surface area contributed by atoms with Gasteiger partial charge in [-0.25, -0.2) is 0 Å². The Kier molecular flexibility index (Phi) is 33.2. The van der Waals surface area contributed by atoms with Gasteiger partial charge in [0.1, 0.15) is 6.10 Å². The molecule has 0 spiro atoms. The van der Waals surface area contributed by atoms with Crippen LogP contribution in [0.4, 0.5) is 0 Å². The van der Waals surface area contributed by atoms with Crippen molar-refractivity contribution in [3.63, 3.8) is 0 Å². The number of unbranched alkanes of at least 4 members (excludes halogenated alkanes) is 13. The summed E-state index contributed by atoms with van der Waals surface area (Å²) in [6, 6.07) is 0. The first-order valence-corrected chi connectivity index (χ1v) is 18.3. The zero-order chi connectivity index (χ0) is 32.2. The number of ether oxygens (including phenoxy) is 1.